The third-order valence-electron chi connectivity index (χ3n) is 15.8. The van der Waals surface area contributed by atoms with Gasteiger partial charge in [-0.05, 0) is 146 Å². The highest BCUT2D eigenvalue weighted by atomic mass is 32.2. The Balaban J connectivity index is 1.35. The van der Waals surface area contributed by atoms with E-state index in [9.17, 15) is 24.0 Å². The molecule has 1 heterocycles. The maximum Gasteiger partial charge on any atom is 0.309 e. The fraction of sp³-hybridized carbons (Fsp3) is 0.786. The number of Topliss-reactive ketones (excluding diaryl/α,β-unsaturated/α-hetero) is 1. The monoisotopic (exact) mass is 694 g/mol. The fourth-order valence-corrected chi connectivity index (χ4v) is 14.3. The Morgan fingerprint density at radius 1 is 0.980 bits per heavy atom. The van der Waals surface area contributed by atoms with Gasteiger partial charge < -0.3 is 14.4 Å². The lowest BCUT2D eigenvalue weighted by atomic mass is 9.32. The van der Waals surface area contributed by atoms with Crippen LogP contribution in [0.2, 0.25) is 0 Å². The minimum absolute atomic E-state index is 0.0321. The fourth-order valence-electron chi connectivity index (χ4n) is 13.1. The summed E-state index contributed by atoms with van der Waals surface area (Å²) in [6, 6.07) is 0. The molecule has 6 aliphatic rings. The summed E-state index contributed by atoms with van der Waals surface area (Å²) in [5.74, 6) is 0.876. The van der Waals surface area contributed by atoms with E-state index in [0.717, 1.165) is 67.4 Å². The van der Waals surface area contributed by atoms with Crippen LogP contribution < -0.4 is 0 Å². The molecule has 2 unspecified atom stereocenters. The predicted octanol–water partition coefficient (Wildman–Crippen LogP) is 9.36. The first-order chi connectivity index (χ1) is 22.6. The van der Waals surface area contributed by atoms with E-state index in [-0.39, 0.29) is 45.5 Å². The summed E-state index contributed by atoms with van der Waals surface area (Å²) in [7, 11) is 0. The number of hydrogen-bond acceptors (Lipinski definition) is 5. The maximum atomic E-state index is 14.1. The maximum absolute atomic E-state index is 14.1. The molecule has 0 saturated heterocycles. The van der Waals surface area contributed by atoms with Crippen molar-refractivity contribution in [3.05, 3.63) is 33.3 Å². The van der Waals surface area contributed by atoms with E-state index in [1.807, 2.05) is 0 Å². The topological polar surface area (TPSA) is 104 Å². The molecule has 4 saturated carbocycles. The Morgan fingerprint density at radius 2 is 1.65 bits per heavy atom. The van der Waals surface area contributed by atoms with Crippen LogP contribution in [0.1, 0.15) is 140 Å². The lowest BCUT2D eigenvalue weighted by molar-refractivity contribution is -0.233. The number of fused-ring (bicyclic) bond motifs is 7. The second-order valence-corrected chi connectivity index (χ2v) is 21.0. The molecule has 272 valence electrons. The molecule has 49 heavy (non-hydrogen) atoms. The number of aliphatic carboxylic acids is 1. The Bertz CT molecular complexity index is 1550. The number of carboxylic acids is 1. The number of allylic oxidation sites excluding steroid dienone is 5. The summed E-state index contributed by atoms with van der Waals surface area (Å²) in [5, 5.41) is 9.60. The van der Waals surface area contributed by atoms with E-state index in [0.29, 0.717) is 35.7 Å². The number of ketones is 1. The second-order valence-electron chi connectivity index (χ2n) is 19.4. The van der Waals surface area contributed by atoms with Crippen molar-refractivity contribution >= 4 is 28.9 Å². The van der Waals surface area contributed by atoms with E-state index in [2.05, 4.69) is 68.4 Å². The number of carbonyl (C=O) groups is 3. The third kappa shape index (κ3) is 5.23. The number of rotatable bonds is 6. The Hall–Kier alpha value is -1.86. The van der Waals surface area contributed by atoms with Gasteiger partial charge in [0, 0.05) is 29.7 Å². The molecule has 0 bridgehead atoms. The van der Waals surface area contributed by atoms with Crippen molar-refractivity contribution in [2.45, 2.75) is 146 Å². The van der Waals surface area contributed by atoms with Gasteiger partial charge >= 0.3 is 11.9 Å². The molecular formula is C42H62O6S. The molecule has 5 aliphatic carbocycles. The zero-order chi connectivity index (χ0) is 36.3. The Morgan fingerprint density at radius 3 is 2.29 bits per heavy atom. The number of ether oxygens (including phenoxy) is 1. The first kappa shape index (κ1) is 36.9. The molecule has 7 heteroatoms. The number of carboxylic acid groups (broad SMARTS) is 1. The summed E-state index contributed by atoms with van der Waals surface area (Å²) >= 11 is -1.04. The van der Waals surface area contributed by atoms with Gasteiger partial charge in [0.15, 0.2) is 5.78 Å². The van der Waals surface area contributed by atoms with Gasteiger partial charge in [-0.2, -0.15) is 0 Å². The van der Waals surface area contributed by atoms with Gasteiger partial charge in [-0.3, -0.25) is 14.4 Å². The largest absolute Gasteiger partial charge is 0.611 e. The lowest BCUT2D eigenvalue weighted by Gasteiger charge is -2.72. The molecule has 0 aromatic heterocycles. The van der Waals surface area contributed by atoms with Crippen molar-refractivity contribution in [2.24, 2.45) is 56.2 Å². The molecule has 0 aromatic carbocycles. The SMILES string of the molecule is CC1=CC([C@@]23CC[C@]4(C)[C@H](CCC5[C@@]6(C)CC[C@H](OC(=O)CC(C)(C)C(=O)O)C(C)(C)[C@@H]6CC[C@]54C)C2=C(C(C)C)C(=O)C3)=C(C)[S+]([O-])C1. The number of esters is 1. The standard InChI is InChI=1S/C42H62O6S/c1-24(2)34-29(43)21-42(28-20-25(3)23-49(47)26(28)4)19-18-40(10)27(35(34)42)12-13-31-39(9)16-15-32(48-33(44)22-37(5,6)36(45)46)38(7,8)30(39)14-17-41(31,40)11/h20,24,27,30-32H,12-19,21-23H2,1-11H3,(H,45,46)/t27-,30+,31?,32+,39+,40-,41-,42+,49?/m1/s1. The molecule has 4 fully saturated rings. The van der Waals surface area contributed by atoms with Crippen LogP contribution in [0.5, 0.6) is 0 Å². The highest BCUT2D eigenvalue weighted by Gasteiger charge is 2.70. The quantitative estimate of drug-likeness (QED) is 0.220. The van der Waals surface area contributed by atoms with Crippen LogP contribution in [-0.2, 0) is 30.3 Å². The molecule has 9 atom stereocenters. The zero-order valence-corrected chi connectivity index (χ0v) is 33.0. The molecule has 6 rings (SSSR count). The van der Waals surface area contributed by atoms with E-state index < -0.39 is 28.5 Å². The summed E-state index contributed by atoms with van der Waals surface area (Å²) in [5.41, 5.74) is 3.29. The summed E-state index contributed by atoms with van der Waals surface area (Å²) in [6.45, 7) is 23.9. The molecule has 1 N–H and O–H groups in total. The van der Waals surface area contributed by atoms with Crippen molar-refractivity contribution < 1.29 is 28.8 Å². The Kier molecular flexibility index (Phi) is 8.91. The van der Waals surface area contributed by atoms with Crippen LogP contribution >= 0.6 is 0 Å². The third-order valence-corrected chi connectivity index (χ3v) is 17.4. The van der Waals surface area contributed by atoms with E-state index in [1.54, 1.807) is 13.8 Å². The van der Waals surface area contributed by atoms with Gasteiger partial charge in [-0.25, -0.2) is 0 Å². The van der Waals surface area contributed by atoms with Crippen molar-refractivity contribution in [1.82, 2.24) is 0 Å². The van der Waals surface area contributed by atoms with Gasteiger partial charge in [-0.15, -0.1) is 0 Å². The highest BCUT2D eigenvalue weighted by molar-refractivity contribution is 7.95. The van der Waals surface area contributed by atoms with E-state index in [1.165, 1.54) is 11.1 Å². The van der Waals surface area contributed by atoms with Crippen molar-refractivity contribution in [3.8, 4) is 0 Å². The van der Waals surface area contributed by atoms with Crippen molar-refractivity contribution in [2.75, 3.05) is 5.75 Å². The molecular weight excluding hydrogens is 633 g/mol. The van der Waals surface area contributed by atoms with Crippen LogP contribution in [0.3, 0.4) is 0 Å². The smallest absolute Gasteiger partial charge is 0.309 e. The number of hydrogen-bond donors (Lipinski definition) is 1. The summed E-state index contributed by atoms with van der Waals surface area (Å²) in [4.78, 5) is 39.9. The molecule has 0 radical (unpaired) electrons. The summed E-state index contributed by atoms with van der Waals surface area (Å²) in [6.07, 6.45) is 10.6. The highest BCUT2D eigenvalue weighted by Crippen LogP contribution is 2.77. The van der Waals surface area contributed by atoms with Crippen LogP contribution in [0.4, 0.5) is 0 Å². The molecule has 1 aliphatic heterocycles. The predicted molar refractivity (Wildman–Crippen MR) is 195 cm³/mol. The van der Waals surface area contributed by atoms with Crippen molar-refractivity contribution in [1.29, 1.82) is 0 Å². The first-order valence-electron chi connectivity index (χ1n) is 19.0. The molecule has 0 aromatic rings. The molecule has 6 nitrogen and oxygen atoms in total. The average molecular weight is 695 g/mol. The van der Waals surface area contributed by atoms with Crippen LogP contribution in [0.15, 0.2) is 33.3 Å². The second kappa shape index (κ2) is 11.8. The van der Waals surface area contributed by atoms with Gasteiger partial charge in [0.05, 0.1) is 11.8 Å². The first-order valence-corrected chi connectivity index (χ1v) is 20.4. The average Bonchev–Trinajstić information content (AvgIpc) is 3.29. The molecule has 0 spiro atoms. The normalized spacial score (nSPS) is 41.9. The zero-order valence-electron chi connectivity index (χ0n) is 32.1. The van der Waals surface area contributed by atoms with Gasteiger partial charge in [0.2, 0.25) is 0 Å². The Labute approximate surface area is 298 Å². The van der Waals surface area contributed by atoms with E-state index >= 15 is 0 Å². The van der Waals surface area contributed by atoms with E-state index in [4.69, 9.17) is 4.74 Å². The number of carbonyl (C=O) groups excluding carboxylic acids is 2. The van der Waals surface area contributed by atoms with Crippen LogP contribution in [0.25, 0.3) is 0 Å². The van der Waals surface area contributed by atoms with Gasteiger partial charge in [-0.1, -0.05) is 48.5 Å². The minimum atomic E-state index is -1.16. The van der Waals surface area contributed by atoms with Crippen molar-refractivity contribution in [3.63, 3.8) is 0 Å². The lowest BCUT2D eigenvalue weighted by Crippen LogP contribution is -2.65. The van der Waals surface area contributed by atoms with Crippen LogP contribution in [-0.4, -0.2) is 39.2 Å². The van der Waals surface area contributed by atoms with Gasteiger partial charge in [0.1, 0.15) is 16.8 Å². The molecule has 0 amide bonds. The summed E-state index contributed by atoms with van der Waals surface area (Å²) < 4.78 is 19.5. The van der Waals surface area contributed by atoms with Crippen LogP contribution in [0, 0.1) is 56.2 Å². The van der Waals surface area contributed by atoms with Gasteiger partial charge in [0.25, 0.3) is 0 Å². The minimum Gasteiger partial charge on any atom is -0.611 e.